The molecule has 2 aromatic carbocycles. The number of aliphatic hydroxyl groups is 1. The monoisotopic (exact) mass is 415 g/mol. The maximum atomic E-state index is 12.9. The first kappa shape index (κ1) is 20.9. The summed E-state index contributed by atoms with van der Waals surface area (Å²) >= 11 is 6.27. The lowest BCUT2D eigenvalue weighted by atomic mass is 9.95. The highest BCUT2D eigenvalue weighted by Crippen LogP contribution is 2.41. The number of amides is 1. The number of carbonyl (C=O) groups is 2. The molecule has 0 aliphatic carbocycles. The molecule has 1 fully saturated rings. The first-order chi connectivity index (χ1) is 14.0. The van der Waals surface area contributed by atoms with Crippen molar-refractivity contribution in [1.29, 1.82) is 0 Å². The number of nitrogens with zero attached hydrogens (tertiary/aromatic N) is 1. The van der Waals surface area contributed by atoms with Gasteiger partial charge in [0, 0.05) is 25.8 Å². The zero-order valence-corrected chi connectivity index (χ0v) is 17.0. The molecule has 1 aliphatic heterocycles. The number of likely N-dealkylation sites (tertiary alicyclic amines) is 1. The summed E-state index contributed by atoms with van der Waals surface area (Å²) in [7, 11) is 3.07. The van der Waals surface area contributed by atoms with E-state index < -0.39 is 17.7 Å². The number of hydrogen-bond donors (Lipinski definition) is 1. The minimum Gasteiger partial charge on any atom is -0.507 e. The minimum absolute atomic E-state index is 0.00812. The second-order valence-electron chi connectivity index (χ2n) is 6.60. The number of ketones is 1. The Balaban J connectivity index is 2.15. The fraction of sp³-hybridized carbons (Fsp3) is 0.273. The highest BCUT2D eigenvalue weighted by Gasteiger charge is 2.45. The average molecular weight is 416 g/mol. The molecule has 152 valence electrons. The molecule has 3 rings (SSSR count). The van der Waals surface area contributed by atoms with Crippen molar-refractivity contribution in [3.8, 4) is 5.75 Å². The number of rotatable bonds is 7. The van der Waals surface area contributed by atoms with Crippen LogP contribution in [0.1, 0.15) is 23.6 Å². The van der Waals surface area contributed by atoms with Gasteiger partial charge in [0.2, 0.25) is 0 Å². The standard InChI is InChI=1S/C22H22ClNO5/c1-28-12-6-11-24-19(14-7-4-3-5-8-14)18(21(26)22(24)27)20(25)16-13-15(29-2)9-10-17(16)23/h3-5,7-10,13,19,25H,6,11-12H2,1-2H3/b20-18+. The lowest BCUT2D eigenvalue weighted by Crippen LogP contribution is -2.31. The summed E-state index contributed by atoms with van der Waals surface area (Å²) in [5.41, 5.74) is 0.972. The molecule has 6 nitrogen and oxygen atoms in total. The summed E-state index contributed by atoms with van der Waals surface area (Å²) in [6.45, 7) is 0.771. The highest BCUT2D eigenvalue weighted by molar-refractivity contribution is 6.47. The van der Waals surface area contributed by atoms with E-state index in [0.29, 0.717) is 25.3 Å². The molecule has 1 amide bonds. The normalized spacial score (nSPS) is 18.3. The number of halogens is 1. The fourth-order valence-corrected chi connectivity index (χ4v) is 3.64. The van der Waals surface area contributed by atoms with Crippen molar-refractivity contribution in [2.75, 3.05) is 27.4 Å². The van der Waals surface area contributed by atoms with E-state index in [1.165, 1.54) is 18.1 Å². The summed E-state index contributed by atoms with van der Waals surface area (Å²) < 4.78 is 10.3. The Hall–Kier alpha value is -2.83. The summed E-state index contributed by atoms with van der Waals surface area (Å²) in [6.07, 6.45) is 0.562. The first-order valence-corrected chi connectivity index (χ1v) is 9.53. The Morgan fingerprint density at radius 3 is 2.52 bits per heavy atom. The van der Waals surface area contributed by atoms with Crippen molar-refractivity contribution in [1.82, 2.24) is 4.90 Å². The molecule has 2 aromatic rings. The highest BCUT2D eigenvalue weighted by atomic mass is 35.5. The number of hydrogen-bond acceptors (Lipinski definition) is 5. The maximum Gasteiger partial charge on any atom is 0.295 e. The van der Waals surface area contributed by atoms with Gasteiger partial charge in [-0.2, -0.15) is 0 Å². The van der Waals surface area contributed by atoms with Crippen LogP contribution in [0.4, 0.5) is 0 Å². The number of aliphatic hydroxyl groups excluding tert-OH is 1. The molecule has 0 saturated carbocycles. The van der Waals surface area contributed by atoms with Gasteiger partial charge in [0.05, 0.1) is 23.7 Å². The van der Waals surface area contributed by atoms with Gasteiger partial charge in [0.25, 0.3) is 11.7 Å². The van der Waals surface area contributed by atoms with Gasteiger partial charge in [-0.1, -0.05) is 41.9 Å². The molecule has 1 N–H and O–H groups in total. The summed E-state index contributed by atoms with van der Waals surface area (Å²) in [6, 6.07) is 13.2. The van der Waals surface area contributed by atoms with Gasteiger partial charge >= 0.3 is 0 Å². The number of benzene rings is 2. The molecule has 7 heteroatoms. The molecule has 0 bridgehead atoms. The van der Waals surface area contributed by atoms with Crippen molar-refractivity contribution < 1.29 is 24.2 Å². The van der Waals surface area contributed by atoms with E-state index in [1.54, 1.807) is 19.2 Å². The number of carbonyl (C=O) groups excluding carboxylic acids is 2. The molecule has 1 aliphatic rings. The quantitative estimate of drug-likeness (QED) is 0.322. The zero-order chi connectivity index (χ0) is 21.0. The Morgan fingerprint density at radius 1 is 1.14 bits per heavy atom. The van der Waals surface area contributed by atoms with Crippen molar-refractivity contribution in [3.05, 3.63) is 70.3 Å². The number of Topliss-reactive ketones (excluding diaryl/α,β-unsaturated/α-hetero) is 1. The van der Waals surface area contributed by atoms with Crippen LogP contribution in [0.5, 0.6) is 5.75 Å². The molecule has 1 unspecified atom stereocenters. The van der Waals surface area contributed by atoms with Crippen LogP contribution in [0.3, 0.4) is 0 Å². The van der Waals surface area contributed by atoms with E-state index >= 15 is 0 Å². The summed E-state index contributed by atoms with van der Waals surface area (Å²) in [5, 5.41) is 11.3. The topological polar surface area (TPSA) is 76.1 Å². The van der Waals surface area contributed by atoms with Crippen LogP contribution in [0.2, 0.25) is 5.02 Å². The molecule has 1 heterocycles. The lowest BCUT2D eigenvalue weighted by molar-refractivity contribution is -0.140. The molecule has 1 atom stereocenters. The van der Waals surface area contributed by atoms with Crippen LogP contribution in [0, 0.1) is 0 Å². The van der Waals surface area contributed by atoms with Crippen LogP contribution in [-0.2, 0) is 14.3 Å². The van der Waals surface area contributed by atoms with Crippen molar-refractivity contribution in [2.24, 2.45) is 0 Å². The molecular formula is C22H22ClNO5. The smallest absolute Gasteiger partial charge is 0.295 e. The van der Waals surface area contributed by atoms with Crippen LogP contribution in [0.15, 0.2) is 54.1 Å². The van der Waals surface area contributed by atoms with Crippen LogP contribution < -0.4 is 4.74 Å². The van der Waals surface area contributed by atoms with Crippen molar-refractivity contribution in [3.63, 3.8) is 0 Å². The molecular weight excluding hydrogens is 394 g/mol. The fourth-order valence-electron chi connectivity index (χ4n) is 3.43. The number of methoxy groups -OCH3 is 2. The molecule has 0 spiro atoms. The Kier molecular flexibility index (Phi) is 6.56. The van der Waals surface area contributed by atoms with Gasteiger partial charge in [0.1, 0.15) is 11.5 Å². The largest absolute Gasteiger partial charge is 0.507 e. The Morgan fingerprint density at radius 2 is 1.86 bits per heavy atom. The van der Waals surface area contributed by atoms with E-state index in [9.17, 15) is 14.7 Å². The van der Waals surface area contributed by atoms with E-state index in [2.05, 4.69) is 0 Å². The molecule has 29 heavy (non-hydrogen) atoms. The summed E-state index contributed by atoms with van der Waals surface area (Å²) in [4.78, 5) is 27.1. The van der Waals surface area contributed by atoms with E-state index in [-0.39, 0.29) is 21.9 Å². The number of ether oxygens (including phenoxy) is 2. The van der Waals surface area contributed by atoms with Gasteiger partial charge < -0.3 is 19.5 Å². The lowest BCUT2D eigenvalue weighted by Gasteiger charge is -2.25. The van der Waals surface area contributed by atoms with Gasteiger partial charge in [-0.25, -0.2) is 0 Å². The second-order valence-corrected chi connectivity index (χ2v) is 7.00. The predicted octanol–water partition coefficient (Wildman–Crippen LogP) is 3.81. The SMILES string of the molecule is COCCCN1C(=O)C(=O)/C(=C(/O)c2cc(OC)ccc2Cl)C1c1ccccc1. The second kappa shape index (κ2) is 9.11. The molecule has 0 radical (unpaired) electrons. The van der Waals surface area contributed by atoms with Crippen molar-refractivity contribution >= 4 is 29.1 Å². The zero-order valence-electron chi connectivity index (χ0n) is 16.2. The Bertz CT molecular complexity index is 941. The first-order valence-electron chi connectivity index (χ1n) is 9.15. The third-order valence-corrected chi connectivity index (χ3v) is 5.16. The minimum atomic E-state index is -0.743. The van der Waals surface area contributed by atoms with E-state index in [4.69, 9.17) is 21.1 Å². The molecule has 1 saturated heterocycles. The molecule has 0 aromatic heterocycles. The van der Waals surface area contributed by atoms with E-state index in [0.717, 1.165) is 5.56 Å². The van der Waals surface area contributed by atoms with E-state index in [1.807, 2.05) is 30.3 Å². The predicted molar refractivity (Wildman–Crippen MR) is 110 cm³/mol. The average Bonchev–Trinajstić information content (AvgIpc) is 2.99. The third kappa shape index (κ3) is 4.13. The van der Waals surface area contributed by atoms with Gasteiger partial charge in [-0.15, -0.1) is 0 Å². The summed E-state index contributed by atoms with van der Waals surface area (Å²) in [5.74, 6) is -1.25. The van der Waals surface area contributed by atoms with Gasteiger partial charge in [-0.05, 0) is 30.2 Å². The Labute approximate surface area is 174 Å². The van der Waals surface area contributed by atoms with Crippen LogP contribution >= 0.6 is 11.6 Å². The van der Waals surface area contributed by atoms with Gasteiger partial charge in [0.15, 0.2) is 0 Å². The van der Waals surface area contributed by atoms with Crippen LogP contribution in [0.25, 0.3) is 5.76 Å². The maximum absolute atomic E-state index is 12.9. The van der Waals surface area contributed by atoms with Crippen molar-refractivity contribution in [2.45, 2.75) is 12.5 Å². The van der Waals surface area contributed by atoms with Gasteiger partial charge in [-0.3, -0.25) is 9.59 Å². The third-order valence-electron chi connectivity index (χ3n) is 4.83. The van der Waals surface area contributed by atoms with Crippen LogP contribution in [-0.4, -0.2) is 49.1 Å².